The van der Waals surface area contributed by atoms with E-state index in [1.807, 2.05) is 0 Å². The highest BCUT2D eigenvalue weighted by Gasteiger charge is 2.23. The van der Waals surface area contributed by atoms with E-state index in [2.05, 4.69) is 29.1 Å². The molecule has 1 aromatic rings. The Morgan fingerprint density at radius 1 is 1.50 bits per heavy atom. The number of hydrogen-bond acceptors (Lipinski definition) is 3. The van der Waals surface area contributed by atoms with Gasteiger partial charge in [-0.1, -0.05) is 13.8 Å². The van der Waals surface area contributed by atoms with Gasteiger partial charge >= 0.3 is 0 Å². The first-order valence-corrected chi connectivity index (χ1v) is 8.40. The van der Waals surface area contributed by atoms with Crippen LogP contribution >= 0.6 is 22.9 Å². The molecule has 4 heteroatoms. The molecule has 0 radical (unpaired) electrons. The van der Waals surface area contributed by atoms with Crippen molar-refractivity contribution >= 4 is 22.9 Å². The topological polar surface area (TPSA) is 16.1 Å². The van der Waals surface area contributed by atoms with Crippen LogP contribution in [0.4, 0.5) is 0 Å². The van der Waals surface area contributed by atoms with Crippen molar-refractivity contribution in [3.8, 4) is 0 Å². The molecule has 102 valence electrons. The number of halogens is 1. The van der Waals surface area contributed by atoms with E-state index < -0.39 is 0 Å². The second-order valence-electron chi connectivity index (χ2n) is 5.31. The van der Waals surface area contributed by atoms with E-state index in [9.17, 15) is 0 Å². The van der Waals surface area contributed by atoms with Crippen LogP contribution in [0.15, 0.2) is 5.38 Å². The molecule has 2 atom stereocenters. The molecule has 1 aliphatic heterocycles. The molecule has 1 aliphatic rings. The lowest BCUT2D eigenvalue weighted by Crippen LogP contribution is -2.29. The Morgan fingerprint density at radius 3 is 3.00 bits per heavy atom. The van der Waals surface area contributed by atoms with Gasteiger partial charge < -0.3 is 0 Å². The van der Waals surface area contributed by atoms with Crippen molar-refractivity contribution in [2.24, 2.45) is 5.92 Å². The summed E-state index contributed by atoms with van der Waals surface area (Å²) in [6.07, 6.45) is 5.16. The molecule has 1 fully saturated rings. The van der Waals surface area contributed by atoms with Crippen molar-refractivity contribution in [3.63, 3.8) is 0 Å². The van der Waals surface area contributed by atoms with Gasteiger partial charge in [-0.3, -0.25) is 4.90 Å². The molecule has 2 rings (SSSR count). The van der Waals surface area contributed by atoms with Gasteiger partial charge in [-0.15, -0.1) is 22.9 Å². The smallest absolute Gasteiger partial charge is 0.110 e. The van der Waals surface area contributed by atoms with Gasteiger partial charge in [-0.2, -0.15) is 0 Å². The summed E-state index contributed by atoms with van der Waals surface area (Å²) in [6, 6.07) is 0.497. The molecule has 0 N–H and O–H groups in total. The van der Waals surface area contributed by atoms with Crippen LogP contribution in [0, 0.1) is 5.92 Å². The van der Waals surface area contributed by atoms with Gasteiger partial charge in [0.1, 0.15) is 5.01 Å². The highest BCUT2D eigenvalue weighted by molar-refractivity contribution is 7.09. The van der Waals surface area contributed by atoms with Gasteiger partial charge in [0.2, 0.25) is 0 Å². The fraction of sp³-hybridized carbons (Fsp3) is 0.786. The number of hydrogen-bond donors (Lipinski definition) is 0. The third-order valence-corrected chi connectivity index (χ3v) is 5.14. The number of rotatable bonds is 4. The maximum atomic E-state index is 5.85. The number of aromatic nitrogens is 1. The van der Waals surface area contributed by atoms with Gasteiger partial charge in [-0.25, -0.2) is 4.98 Å². The summed E-state index contributed by atoms with van der Waals surface area (Å²) in [5.74, 6) is 1.41. The van der Waals surface area contributed by atoms with Gasteiger partial charge in [0.25, 0.3) is 0 Å². The minimum Gasteiger partial charge on any atom is -0.294 e. The van der Waals surface area contributed by atoms with Crippen LogP contribution in [-0.2, 0) is 5.88 Å². The highest BCUT2D eigenvalue weighted by atomic mass is 35.5. The second-order valence-corrected chi connectivity index (χ2v) is 6.46. The lowest BCUT2D eigenvalue weighted by molar-refractivity contribution is 0.197. The lowest BCUT2D eigenvalue weighted by Gasteiger charge is -2.28. The molecule has 18 heavy (non-hydrogen) atoms. The van der Waals surface area contributed by atoms with Crippen LogP contribution in [0.3, 0.4) is 0 Å². The van der Waals surface area contributed by atoms with Crippen LogP contribution in [0.5, 0.6) is 0 Å². The van der Waals surface area contributed by atoms with Crippen LogP contribution in [-0.4, -0.2) is 23.0 Å². The Balaban J connectivity index is 2.07. The quantitative estimate of drug-likeness (QED) is 0.760. The summed E-state index contributed by atoms with van der Waals surface area (Å²) in [6.45, 7) is 7.08. The van der Waals surface area contributed by atoms with E-state index in [4.69, 9.17) is 11.6 Å². The molecule has 0 bridgehead atoms. The SMILES string of the molecule is CCC(c1nc(CCl)cs1)N1CCCC(C)CC1. The van der Waals surface area contributed by atoms with Gasteiger partial charge in [0.05, 0.1) is 17.6 Å². The molecule has 0 aliphatic carbocycles. The third-order valence-electron chi connectivity index (χ3n) is 3.87. The summed E-state index contributed by atoms with van der Waals surface area (Å²) < 4.78 is 0. The van der Waals surface area contributed by atoms with E-state index in [-0.39, 0.29) is 0 Å². The summed E-state index contributed by atoms with van der Waals surface area (Å²) in [4.78, 5) is 7.29. The van der Waals surface area contributed by atoms with E-state index in [0.717, 1.165) is 18.0 Å². The maximum Gasteiger partial charge on any atom is 0.110 e. The molecular weight excluding hydrogens is 264 g/mol. The Morgan fingerprint density at radius 2 is 2.33 bits per heavy atom. The van der Waals surface area contributed by atoms with Crippen molar-refractivity contribution < 1.29 is 0 Å². The fourth-order valence-corrected chi connectivity index (χ4v) is 3.99. The second kappa shape index (κ2) is 6.88. The summed E-state index contributed by atoms with van der Waals surface area (Å²) in [7, 11) is 0. The maximum absolute atomic E-state index is 5.85. The largest absolute Gasteiger partial charge is 0.294 e. The minimum atomic E-state index is 0.497. The van der Waals surface area contributed by atoms with E-state index >= 15 is 0 Å². The predicted octanol–water partition coefficient (Wildman–Crippen LogP) is 4.46. The molecule has 2 unspecified atom stereocenters. The molecule has 0 saturated carbocycles. The Kier molecular flexibility index (Phi) is 5.46. The summed E-state index contributed by atoms with van der Waals surface area (Å²) in [5.41, 5.74) is 1.03. The number of likely N-dealkylation sites (tertiary alicyclic amines) is 1. The number of alkyl halides is 1. The number of thiazole rings is 1. The molecule has 2 heterocycles. The van der Waals surface area contributed by atoms with Crippen LogP contribution < -0.4 is 0 Å². The zero-order valence-corrected chi connectivity index (χ0v) is 12.9. The normalized spacial score (nSPS) is 23.8. The Hall–Kier alpha value is -0.120. The monoisotopic (exact) mass is 286 g/mol. The molecule has 2 nitrogen and oxygen atoms in total. The van der Waals surface area contributed by atoms with Crippen molar-refractivity contribution in [1.82, 2.24) is 9.88 Å². The lowest BCUT2D eigenvalue weighted by atomic mass is 10.0. The first kappa shape index (κ1) is 14.3. The van der Waals surface area contributed by atoms with Crippen molar-refractivity contribution in [2.75, 3.05) is 13.1 Å². The third kappa shape index (κ3) is 3.46. The Bertz CT molecular complexity index is 366. The zero-order chi connectivity index (χ0) is 13.0. The van der Waals surface area contributed by atoms with Crippen LogP contribution in [0.2, 0.25) is 0 Å². The van der Waals surface area contributed by atoms with E-state index in [1.165, 1.54) is 37.4 Å². The van der Waals surface area contributed by atoms with Gasteiger partial charge in [0.15, 0.2) is 0 Å². The molecule has 0 amide bonds. The zero-order valence-electron chi connectivity index (χ0n) is 11.4. The summed E-state index contributed by atoms with van der Waals surface area (Å²) >= 11 is 7.62. The first-order valence-electron chi connectivity index (χ1n) is 6.99. The van der Waals surface area contributed by atoms with E-state index in [0.29, 0.717) is 11.9 Å². The Labute approximate surface area is 119 Å². The van der Waals surface area contributed by atoms with Crippen molar-refractivity contribution in [2.45, 2.75) is 51.5 Å². The van der Waals surface area contributed by atoms with Crippen LogP contribution in [0.25, 0.3) is 0 Å². The standard InChI is InChI=1S/C14H23ClN2S/c1-3-13(14-16-12(9-15)10-18-14)17-7-4-5-11(2)6-8-17/h10-11,13H,3-9H2,1-2H3. The van der Waals surface area contributed by atoms with E-state index in [1.54, 1.807) is 11.3 Å². The first-order chi connectivity index (χ1) is 8.74. The molecule has 1 saturated heterocycles. The van der Waals surface area contributed by atoms with Gasteiger partial charge in [0, 0.05) is 5.38 Å². The summed E-state index contributed by atoms with van der Waals surface area (Å²) in [5, 5.41) is 3.36. The minimum absolute atomic E-state index is 0.497. The fourth-order valence-electron chi connectivity index (χ4n) is 2.72. The molecule has 1 aromatic heterocycles. The average Bonchev–Trinajstić information content (AvgIpc) is 2.75. The highest BCUT2D eigenvalue weighted by Crippen LogP contribution is 2.30. The number of nitrogens with zero attached hydrogens (tertiary/aromatic N) is 2. The molecule has 0 spiro atoms. The van der Waals surface area contributed by atoms with Crippen LogP contribution in [0.1, 0.15) is 56.3 Å². The van der Waals surface area contributed by atoms with Gasteiger partial charge in [-0.05, 0) is 44.7 Å². The van der Waals surface area contributed by atoms with Crippen molar-refractivity contribution in [3.05, 3.63) is 16.1 Å². The average molecular weight is 287 g/mol. The molecule has 0 aromatic carbocycles. The predicted molar refractivity (Wildman–Crippen MR) is 79.3 cm³/mol. The van der Waals surface area contributed by atoms with Crippen molar-refractivity contribution in [1.29, 1.82) is 0 Å². The molecular formula is C14H23ClN2S.